The van der Waals surface area contributed by atoms with Crippen molar-refractivity contribution < 1.29 is 41.5 Å². The Kier molecular flexibility index (Phi) is 5.63. The van der Waals surface area contributed by atoms with Gasteiger partial charge in [-0.05, 0) is 50.2 Å². The minimum absolute atomic E-state index is 0. The van der Waals surface area contributed by atoms with E-state index in [0.717, 1.165) is 43.6 Å². The van der Waals surface area contributed by atoms with Crippen molar-refractivity contribution in [1.82, 2.24) is 0 Å². The predicted molar refractivity (Wildman–Crippen MR) is 77.2 cm³/mol. The summed E-state index contributed by atoms with van der Waals surface area (Å²) in [4.78, 5) is 2.44. The van der Waals surface area contributed by atoms with E-state index in [4.69, 9.17) is 0 Å². The monoisotopic (exact) mass is 368 g/mol. The van der Waals surface area contributed by atoms with Gasteiger partial charge < -0.3 is 14.2 Å². The van der Waals surface area contributed by atoms with E-state index in [-0.39, 0.29) is 32.7 Å². The molecule has 107 valence electrons. The van der Waals surface area contributed by atoms with Gasteiger partial charge in [0.1, 0.15) is 0 Å². The average Bonchev–Trinajstić information content (AvgIpc) is 2.58. The molecule has 1 atom stereocenters. The Hall–Kier alpha value is 0.0339. The van der Waals surface area contributed by atoms with Crippen LogP contribution in [0.15, 0.2) is 6.07 Å². The molecular formula is C14H19N2O2SY-. The predicted octanol–water partition coefficient (Wildman–Crippen LogP) is 2.29. The molecule has 0 saturated carbocycles. The Morgan fingerprint density at radius 1 is 1.25 bits per heavy atom. The Morgan fingerprint density at radius 3 is 2.75 bits per heavy atom. The first-order chi connectivity index (χ1) is 9.16. The van der Waals surface area contributed by atoms with E-state index in [1.54, 1.807) is 0 Å². The normalized spacial score (nSPS) is 18.6. The van der Waals surface area contributed by atoms with Crippen molar-refractivity contribution in [2.45, 2.75) is 39.0 Å². The van der Waals surface area contributed by atoms with Crippen molar-refractivity contribution >= 4 is 22.6 Å². The smallest absolute Gasteiger partial charge is 0.0534 e. The summed E-state index contributed by atoms with van der Waals surface area (Å²) in [5, 5.41) is 0. The summed E-state index contributed by atoms with van der Waals surface area (Å²) >= 11 is -2.25. The topological polar surface area (TPSA) is 55.4 Å². The second-order valence-electron chi connectivity index (χ2n) is 5.44. The molecule has 0 amide bonds. The third-order valence-electron chi connectivity index (χ3n) is 4.16. The maximum Gasteiger partial charge on any atom is 0.0534 e. The first kappa shape index (κ1) is 16.4. The van der Waals surface area contributed by atoms with E-state index in [1.807, 2.05) is 6.92 Å². The van der Waals surface area contributed by atoms with Crippen molar-refractivity contribution in [3.8, 4) is 0 Å². The second-order valence-corrected chi connectivity index (χ2v) is 6.11. The quantitative estimate of drug-likeness (QED) is 0.815. The molecule has 0 fully saturated rings. The van der Waals surface area contributed by atoms with E-state index in [2.05, 4.69) is 15.7 Å². The first-order valence-corrected chi connectivity index (χ1v) is 8.00. The SMILES string of the molecule is Cc1cc2c3c(c1NS(=O)[O-])CCCCN3CCC2.[Y]. The molecule has 1 aromatic carbocycles. The van der Waals surface area contributed by atoms with Crippen LogP contribution in [0.1, 0.15) is 36.0 Å². The molecule has 0 bridgehead atoms. The number of anilines is 2. The van der Waals surface area contributed by atoms with Crippen molar-refractivity contribution in [2.24, 2.45) is 0 Å². The van der Waals surface area contributed by atoms with Crippen LogP contribution in [0.5, 0.6) is 0 Å². The summed E-state index contributed by atoms with van der Waals surface area (Å²) in [6, 6.07) is 2.16. The van der Waals surface area contributed by atoms with Crippen LogP contribution in [0.3, 0.4) is 0 Å². The van der Waals surface area contributed by atoms with Crippen molar-refractivity contribution in [1.29, 1.82) is 0 Å². The summed E-state index contributed by atoms with van der Waals surface area (Å²) in [6.45, 7) is 4.20. The van der Waals surface area contributed by atoms with Gasteiger partial charge in [-0.25, -0.2) is 0 Å². The third-order valence-corrected chi connectivity index (χ3v) is 4.53. The second kappa shape index (κ2) is 6.86. The molecule has 1 unspecified atom stereocenters. The molecule has 0 saturated heterocycles. The Morgan fingerprint density at radius 2 is 2.00 bits per heavy atom. The van der Waals surface area contributed by atoms with Crippen LogP contribution >= 0.6 is 0 Å². The fraction of sp³-hybridized carbons (Fsp3) is 0.571. The molecule has 4 nitrogen and oxygen atoms in total. The molecule has 3 rings (SSSR count). The van der Waals surface area contributed by atoms with Crippen LogP contribution in [-0.4, -0.2) is 21.9 Å². The van der Waals surface area contributed by atoms with Gasteiger partial charge in [0, 0.05) is 68.3 Å². The van der Waals surface area contributed by atoms with Crippen LogP contribution in [-0.2, 0) is 56.8 Å². The molecule has 2 heterocycles. The Bertz CT molecular complexity index is 536. The molecule has 0 aromatic heterocycles. The van der Waals surface area contributed by atoms with E-state index in [9.17, 15) is 8.76 Å². The number of nitrogens with one attached hydrogen (secondary N) is 1. The van der Waals surface area contributed by atoms with Gasteiger partial charge in [-0.15, -0.1) is 0 Å². The Balaban J connectivity index is 0.00000147. The van der Waals surface area contributed by atoms with Crippen molar-refractivity contribution in [2.75, 3.05) is 22.7 Å². The minimum atomic E-state index is -2.25. The van der Waals surface area contributed by atoms with E-state index in [0.29, 0.717) is 0 Å². The summed E-state index contributed by atoms with van der Waals surface area (Å²) in [5.74, 6) is 0. The first-order valence-electron chi connectivity index (χ1n) is 6.93. The largest absolute Gasteiger partial charge is 0.755 e. The van der Waals surface area contributed by atoms with Crippen LogP contribution in [0.25, 0.3) is 0 Å². The van der Waals surface area contributed by atoms with E-state index >= 15 is 0 Å². The number of aryl methyl sites for hydroxylation is 2. The zero-order valence-corrected chi connectivity index (χ0v) is 15.4. The van der Waals surface area contributed by atoms with Gasteiger partial charge in [0.25, 0.3) is 0 Å². The van der Waals surface area contributed by atoms with Crippen LogP contribution < -0.4 is 9.62 Å². The van der Waals surface area contributed by atoms with Gasteiger partial charge in [0.15, 0.2) is 0 Å². The van der Waals surface area contributed by atoms with Gasteiger partial charge in [0.2, 0.25) is 0 Å². The Labute approximate surface area is 148 Å². The minimum Gasteiger partial charge on any atom is -0.755 e. The van der Waals surface area contributed by atoms with Gasteiger partial charge in [-0.3, -0.25) is 4.21 Å². The molecule has 0 aliphatic carbocycles. The number of benzene rings is 1. The van der Waals surface area contributed by atoms with Gasteiger partial charge in [0.05, 0.1) is 5.69 Å². The van der Waals surface area contributed by atoms with Gasteiger partial charge in [-0.1, -0.05) is 6.07 Å². The zero-order valence-electron chi connectivity index (χ0n) is 11.8. The molecule has 2 aliphatic rings. The number of rotatable bonds is 2. The van der Waals surface area contributed by atoms with E-state index in [1.165, 1.54) is 29.7 Å². The number of hydrogen-bond acceptors (Lipinski definition) is 3. The standard InChI is InChI=1S/C14H20N2O2S.Y/c1-10-9-11-5-4-8-16-7-3-2-6-12(14(11)16)13(10)15-19(17)18;/h9,15H,2-8H2,1H3,(H,17,18);/p-1. The molecule has 0 spiro atoms. The number of hydrogen-bond donors (Lipinski definition) is 1. The summed E-state index contributed by atoms with van der Waals surface area (Å²) in [6.07, 6.45) is 5.60. The maximum atomic E-state index is 11.0. The molecule has 1 N–H and O–H groups in total. The van der Waals surface area contributed by atoms with Gasteiger partial charge >= 0.3 is 0 Å². The van der Waals surface area contributed by atoms with E-state index < -0.39 is 11.3 Å². The van der Waals surface area contributed by atoms with Crippen molar-refractivity contribution in [3.63, 3.8) is 0 Å². The van der Waals surface area contributed by atoms with Crippen LogP contribution in [0.4, 0.5) is 11.4 Å². The fourth-order valence-electron chi connectivity index (χ4n) is 3.41. The summed E-state index contributed by atoms with van der Waals surface area (Å²) in [7, 11) is 0. The molecule has 1 aromatic rings. The van der Waals surface area contributed by atoms with Crippen LogP contribution in [0, 0.1) is 6.92 Å². The zero-order chi connectivity index (χ0) is 13.4. The summed E-state index contributed by atoms with van der Waals surface area (Å²) in [5.41, 5.74) is 5.75. The molecule has 2 aliphatic heterocycles. The molecule has 20 heavy (non-hydrogen) atoms. The average molecular weight is 368 g/mol. The number of nitrogens with zero attached hydrogens (tertiary/aromatic N) is 1. The fourth-order valence-corrected chi connectivity index (χ4v) is 3.86. The van der Waals surface area contributed by atoms with Gasteiger partial charge in [-0.2, -0.15) is 0 Å². The maximum absolute atomic E-state index is 11.0. The molecule has 6 heteroatoms. The third kappa shape index (κ3) is 3.11. The molecule has 1 radical (unpaired) electrons. The molecular weight excluding hydrogens is 349 g/mol. The van der Waals surface area contributed by atoms with Crippen molar-refractivity contribution in [3.05, 3.63) is 22.8 Å². The summed E-state index contributed by atoms with van der Waals surface area (Å²) < 4.78 is 24.7. The van der Waals surface area contributed by atoms with Crippen LogP contribution in [0.2, 0.25) is 0 Å².